The van der Waals surface area contributed by atoms with Gasteiger partial charge in [0.25, 0.3) is 0 Å². The predicted octanol–water partition coefficient (Wildman–Crippen LogP) is 1.63. The van der Waals surface area contributed by atoms with E-state index in [0.717, 1.165) is 17.9 Å². The van der Waals surface area contributed by atoms with Gasteiger partial charge in [-0.15, -0.1) is 0 Å². The van der Waals surface area contributed by atoms with Crippen LogP contribution in [-0.4, -0.2) is 26.1 Å². The van der Waals surface area contributed by atoms with E-state index in [9.17, 15) is 4.79 Å². The average Bonchev–Trinajstić information content (AvgIpc) is 2.34. The minimum absolute atomic E-state index is 0.00671. The van der Waals surface area contributed by atoms with E-state index >= 15 is 0 Å². The van der Waals surface area contributed by atoms with Gasteiger partial charge in [0.15, 0.2) is 0 Å². The second kappa shape index (κ2) is 6.71. The van der Waals surface area contributed by atoms with Gasteiger partial charge in [-0.25, -0.2) is 0 Å². The van der Waals surface area contributed by atoms with Crippen molar-refractivity contribution in [1.29, 1.82) is 0 Å². The quantitative estimate of drug-likeness (QED) is 0.769. The van der Waals surface area contributed by atoms with E-state index in [1.54, 1.807) is 7.11 Å². The van der Waals surface area contributed by atoms with E-state index in [1.807, 2.05) is 31.2 Å². The van der Waals surface area contributed by atoms with Crippen molar-refractivity contribution in [2.75, 3.05) is 25.5 Å². The van der Waals surface area contributed by atoms with Crippen LogP contribution in [0.5, 0.6) is 5.75 Å². The van der Waals surface area contributed by atoms with Crippen LogP contribution >= 0.6 is 0 Å². The summed E-state index contributed by atoms with van der Waals surface area (Å²) < 4.78 is 5.16. The highest BCUT2D eigenvalue weighted by Crippen LogP contribution is 2.22. The number of carbonyl (C=O) groups excluding carboxylic acids is 1. The summed E-state index contributed by atoms with van der Waals surface area (Å²) in [5.41, 5.74) is 0.830. The fraction of sp³-hybridized carbons (Fsp3) is 0.417. The number of hydrogen-bond donors (Lipinski definition) is 2. The van der Waals surface area contributed by atoms with Gasteiger partial charge in [-0.1, -0.05) is 19.1 Å². The monoisotopic (exact) mass is 222 g/mol. The van der Waals surface area contributed by atoms with E-state index < -0.39 is 0 Å². The van der Waals surface area contributed by atoms with Gasteiger partial charge in [0.1, 0.15) is 5.75 Å². The molecular weight excluding hydrogens is 204 g/mol. The summed E-state index contributed by atoms with van der Waals surface area (Å²) in [6, 6.07) is 7.52. The van der Waals surface area contributed by atoms with Crippen LogP contribution in [0.3, 0.4) is 0 Å². The van der Waals surface area contributed by atoms with E-state index in [0.29, 0.717) is 6.54 Å². The highest BCUT2D eigenvalue weighted by Gasteiger charge is 2.03. The fourth-order valence-electron chi connectivity index (χ4n) is 1.29. The summed E-state index contributed by atoms with van der Waals surface area (Å²) in [5, 5.41) is 5.83. The van der Waals surface area contributed by atoms with Gasteiger partial charge in [0, 0.05) is 6.54 Å². The minimum atomic E-state index is -0.00671. The number of anilines is 1. The number of ether oxygens (including phenoxy) is 1. The summed E-state index contributed by atoms with van der Waals surface area (Å²) in [6.07, 6.45) is 0.945. The van der Waals surface area contributed by atoms with Crippen molar-refractivity contribution in [2.24, 2.45) is 0 Å². The van der Waals surface area contributed by atoms with Crippen molar-refractivity contribution in [3.63, 3.8) is 0 Å². The Morgan fingerprint density at radius 1 is 1.38 bits per heavy atom. The van der Waals surface area contributed by atoms with Crippen LogP contribution < -0.4 is 15.4 Å². The largest absolute Gasteiger partial charge is 0.495 e. The minimum Gasteiger partial charge on any atom is -0.495 e. The molecule has 0 unspecified atom stereocenters. The van der Waals surface area contributed by atoms with Crippen molar-refractivity contribution in [2.45, 2.75) is 13.3 Å². The topological polar surface area (TPSA) is 50.4 Å². The Labute approximate surface area is 96.0 Å². The Morgan fingerprint density at radius 3 is 2.81 bits per heavy atom. The lowest BCUT2D eigenvalue weighted by Crippen LogP contribution is -2.30. The molecule has 0 heterocycles. The molecule has 0 saturated carbocycles. The third kappa shape index (κ3) is 3.81. The van der Waals surface area contributed by atoms with Crippen LogP contribution in [0.4, 0.5) is 5.69 Å². The molecule has 1 aromatic rings. The lowest BCUT2D eigenvalue weighted by Gasteiger charge is -2.10. The Bertz CT molecular complexity index is 340. The van der Waals surface area contributed by atoms with Gasteiger partial charge in [0.05, 0.1) is 19.3 Å². The molecule has 16 heavy (non-hydrogen) atoms. The van der Waals surface area contributed by atoms with E-state index in [2.05, 4.69) is 10.6 Å². The van der Waals surface area contributed by atoms with Crippen LogP contribution in [0.1, 0.15) is 13.3 Å². The lowest BCUT2D eigenvalue weighted by molar-refractivity contribution is -0.119. The smallest absolute Gasteiger partial charge is 0.239 e. The van der Waals surface area contributed by atoms with Crippen molar-refractivity contribution in [3.8, 4) is 5.75 Å². The fourth-order valence-corrected chi connectivity index (χ4v) is 1.29. The number of nitrogens with one attached hydrogen (secondary N) is 2. The van der Waals surface area contributed by atoms with Crippen molar-refractivity contribution in [1.82, 2.24) is 5.32 Å². The first-order valence-electron chi connectivity index (χ1n) is 5.41. The second-order valence-electron chi connectivity index (χ2n) is 3.40. The van der Waals surface area contributed by atoms with E-state index in [-0.39, 0.29) is 12.5 Å². The molecule has 0 bridgehead atoms. The van der Waals surface area contributed by atoms with Crippen molar-refractivity contribution < 1.29 is 9.53 Å². The number of para-hydroxylation sites is 2. The zero-order valence-electron chi connectivity index (χ0n) is 9.75. The summed E-state index contributed by atoms with van der Waals surface area (Å²) in [6.45, 7) is 3.00. The van der Waals surface area contributed by atoms with Gasteiger partial charge >= 0.3 is 0 Å². The molecule has 1 aromatic carbocycles. The first-order valence-corrected chi connectivity index (χ1v) is 5.41. The average molecular weight is 222 g/mol. The maximum atomic E-state index is 11.4. The Kier molecular flexibility index (Phi) is 5.19. The molecule has 1 amide bonds. The number of methoxy groups -OCH3 is 1. The molecule has 4 nitrogen and oxygen atoms in total. The summed E-state index contributed by atoms with van der Waals surface area (Å²) >= 11 is 0. The standard InChI is InChI=1S/C12H18N2O2/c1-3-8-13-12(15)9-14-10-6-4-5-7-11(10)16-2/h4-7,14H,3,8-9H2,1-2H3,(H,13,15). The normalized spacial score (nSPS) is 9.62. The third-order valence-corrected chi connectivity index (χ3v) is 2.12. The molecule has 88 valence electrons. The van der Waals surface area contributed by atoms with Gasteiger partial charge in [-0.05, 0) is 18.6 Å². The Morgan fingerprint density at radius 2 is 2.12 bits per heavy atom. The van der Waals surface area contributed by atoms with Crippen LogP contribution in [0.2, 0.25) is 0 Å². The molecule has 1 rings (SSSR count). The van der Waals surface area contributed by atoms with Crippen LogP contribution in [-0.2, 0) is 4.79 Å². The van der Waals surface area contributed by atoms with E-state index in [4.69, 9.17) is 4.74 Å². The van der Waals surface area contributed by atoms with Gasteiger partial charge in [0.2, 0.25) is 5.91 Å². The van der Waals surface area contributed by atoms with Crippen LogP contribution in [0.25, 0.3) is 0 Å². The number of amides is 1. The molecule has 0 spiro atoms. The number of carbonyl (C=O) groups is 1. The van der Waals surface area contributed by atoms with Gasteiger partial charge in [-0.2, -0.15) is 0 Å². The number of hydrogen-bond acceptors (Lipinski definition) is 3. The maximum Gasteiger partial charge on any atom is 0.239 e. The maximum absolute atomic E-state index is 11.4. The predicted molar refractivity (Wildman–Crippen MR) is 64.8 cm³/mol. The van der Waals surface area contributed by atoms with Gasteiger partial charge in [-0.3, -0.25) is 4.79 Å². The molecule has 0 aliphatic carbocycles. The summed E-state index contributed by atoms with van der Waals surface area (Å²) in [7, 11) is 1.61. The summed E-state index contributed by atoms with van der Waals surface area (Å²) in [5.74, 6) is 0.735. The first-order chi connectivity index (χ1) is 7.77. The molecule has 0 fully saturated rings. The molecule has 0 aliphatic heterocycles. The molecule has 2 N–H and O–H groups in total. The number of benzene rings is 1. The Hall–Kier alpha value is -1.71. The van der Waals surface area contributed by atoms with Crippen LogP contribution in [0.15, 0.2) is 24.3 Å². The zero-order valence-corrected chi connectivity index (χ0v) is 9.75. The SMILES string of the molecule is CCCNC(=O)CNc1ccccc1OC. The van der Waals surface area contributed by atoms with Crippen molar-refractivity contribution >= 4 is 11.6 Å². The highest BCUT2D eigenvalue weighted by atomic mass is 16.5. The molecular formula is C12H18N2O2. The molecule has 0 radical (unpaired) electrons. The molecule has 0 atom stereocenters. The molecule has 4 heteroatoms. The van der Waals surface area contributed by atoms with Gasteiger partial charge < -0.3 is 15.4 Å². The van der Waals surface area contributed by atoms with E-state index in [1.165, 1.54) is 0 Å². The molecule has 0 aliphatic rings. The van der Waals surface area contributed by atoms with Crippen molar-refractivity contribution in [3.05, 3.63) is 24.3 Å². The first kappa shape index (κ1) is 12.4. The van der Waals surface area contributed by atoms with Crippen LogP contribution in [0, 0.1) is 0 Å². The second-order valence-corrected chi connectivity index (χ2v) is 3.40. The highest BCUT2D eigenvalue weighted by molar-refractivity contribution is 5.81. The Balaban J connectivity index is 2.44. The summed E-state index contributed by atoms with van der Waals surface area (Å²) in [4.78, 5) is 11.4. The lowest BCUT2D eigenvalue weighted by atomic mass is 10.3. The zero-order chi connectivity index (χ0) is 11.8. The molecule has 0 saturated heterocycles. The molecule has 0 aromatic heterocycles. The number of rotatable bonds is 6. The third-order valence-electron chi connectivity index (χ3n) is 2.12.